The first-order valence-corrected chi connectivity index (χ1v) is 8.72. The second kappa shape index (κ2) is 8.20. The molecule has 1 aromatic heterocycles. The van der Waals surface area contributed by atoms with Gasteiger partial charge in [-0.2, -0.15) is 13.2 Å². The topological polar surface area (TPSA) is 37.3 Å². The van der Waals surface area contributed by atoms with Crippen molar-refractivity contribution in [3.63, 3.8) is 0 Å². The van der Waals surface area contributed by atoms with Crippen molar-refractivity contribution in [3.05, 3.63) is 83.8 Å². The maximum absolute atomic E-state index is 12.7. The Morgan fingerprint density at radius 2 is 1.96 bits per heavy atom. The van der Waals surface area contributed by atoms with Crippen LogP contribution in [0.2, 0.25) is 0 Å². The summed E-state index contributed by atoms with van der Waals surface area (Å²) in [6.07, 6.45) is 3.01. The highest BCUT2D eigenvalue weighted by molar-refractivity contribution is 6.12. The number of alkyl halides is 3. The third kappa shape index (κ3) is 4.64. The van der Waals surface area contributed by atoms with Gasteiger partial charge in [0.15, 0.2) is 0 Å². The van der Waals surface area contributed by atoms with Gasteiger partial charge in [0.1, 0.15) is 5.69 Å². The summed E-state index contributed by atoms with van der Waals surface area (Å²) in [5, 5.41) is 3.11. The van der Waals surface area contributed by atoms with Crippen molar-refractivity contribution in [2.24, 2.45) is 4.99 Å². The third-order valence-electron chi connectivity index (χ3n) is 4.35. The van der Waals surface area contributed by atoms with E-state index in [9.17, 15) is 13.2 Å². The van der Waals surface area contributed by atoms with Crippen molar-refractivity contribution in [1.82, 2.24) is 4.98 Å². The number of pyridine rings is 1. The number of halogens is 3. The molecule has 1 aromatic carbocycles. The molecule has 0 radical (unpaired) electrons. The molecule has 3 rings (SSSR count). The molecule has 2 heterocycles. The van der Waals surface area contributed by atoms with Gasteiger partial charge in [-0.05, 0) is 54.8 Å². The number of rotatable bonds is 5. The van der Waals surface area contributed by atoms with Gasteiger partial charge in [0.2, 0.25) is 0 Å². The Balaban J connectivity index is 1.85. The van der Waals surface area contributed by atoms with E-state index in [0.29, 0.717) is 18.5 Å². The molecule has 0 saturated carbocycles. The first-order chi connectivity index (χ1) is 13.0. The van der Waals surface area contributed by atoms with Gasteiger partial charge in [-0.15, -0.1) is 0 Å². The minimum absolute atomic E-state index is 0.617. The third-order valence-corrected chi connectivity index (χ3v) is 4.35. The predicted molar refractivity (Wildman–Crippen MR) is 102 cm³/mol. The van der Waals surface area contributed by atoms with Gasteiger partial charge in [-0.1, -0.05) is 30.9 Å². The fourth-order valence-electron chi connectivity index (χ4n) is 3.04. The number of hydrogen-bond acceptors (Lipinski definition) is 3. The normalized spacial score (nSPS) is 16.1. The Bertz CT molecular complexity index is 865. The van der Waals surface area contributed by atoms with Gasteiger partial charge in [0.25, 0.3) is 0 Å². The standard InChI is InChI=1S/C21H20F3N3/c1-2-25-18-8-4-3-6-15(18)9-10-16-7-5-13-26-20(16)17-11-12-19(27-14-17)21(22,23)24/h2-4,6,8,10-12,14,25H,1,5,7,9,13H2/b16-10+. The lowest BCUT2D eigenvalue weighted by Gasteiger charge is -2.17. The van der Waals surface area contributed by atoms with E-state index < -0.39 is 11.9 Å². The summed E-state index contributed by atoms with van der Waals surface area (Å²) in [7, 11) is 0. The number of aromatic nitrogens is 1. The molecule has 0 saturated heterocycles. The quantitative estimate of drug-likeness (QED) is 0.763. The Labute approximate surface area is 156 Å². The lowest BCUT2D eigenvalue weighted by Crippen LogP contribution is -2.14. The van der Waals surface area contributed by atoms with Gasteiger partial charge in [-0.3, -0.25) is 9.98 Å². The number of hydrogen-bond donors (Lipinski definition) is 1. The van der Waals surface area contributed by atoms with E-state index in [-0.39, 0.29) is 0 Å². The van der Waals surface area contributed by atoms with E-state index in [4.69, 9.17) is 0 Å². The number of nitrogens with one attached hydrogen (secondary N) is 1. The molecule has 1 N–H and O–H groups in total. The highest BCUT2D eigenvalue weighted by atomic mass is 19.4. The lowest BCUT2D eigenvalue weighted by atomic mass is 9.94. The van der Waals surface area contributed by atoms with E-state index in [2.05, 4.69) is 27.9 Å². The average Bonchev–Trinajstić information content (AvgIpc) is 2.67. The fraction of sp³-hybridized carbons (Fsp3) is 0.238. The summed E-state index contributed by atoms with van der Waals surface area (Å²) in [5.74, 6) is 0. The Hall–Kier alpha value is -2.89. The Kier molecular flexibility index (Phi) is 5.74. The molecule has 0 bridgehead atoms. The van der Waals surface area contributed by atoms with Crippen LogP contribution in [0.5, 0.6) is 0 Å². The number of benzene rings is 1. The van der Waals surface area contributed by atoms with E-state index in [1.54, 1.807) is 6.20 Å². The van der Waals surface area contributed by atoms with Crippen molar-refractivity contribution < 1.29 is 13.2 Å². The van der Waals surface area contributed by atoms with E-state index in [0.717, 1.165) is 41.4 Å². The molecular formula is C21H20F3N3. The predicted octanol–water partition coefficient (Wildman–Crippen LogP) is 5.41. The SMILES string of the molecule is C=CNc1ccccc1C/C=C1\CCCN=C1c1ccc(C(F)(F)F)nc1. The van der Waals surface area contributed by atoms with E-state index in [1.807, 2.05) is 24.3 Å². The van der Waals surface area contributed by atoms with E-state index >= 15 is 0 Å². The van der Waals surface area contributed by atoms with Gasteiger partial charge < -0.3 is 5.32 Å². The highest BCUT2D eigenvalue weighted by Crippen LogP contribution is 2.28. The number of anilines is 1. The van der Waals surface area contributed by atoms with Crippen LogP contribution in [0.1, 0.15) is 29.7 Å². The second-order valence-corrected chi connectivity index (χ2v) is 6.20. The summed E-state index contributed by atoms with van der Waals surface area (Å²) in [6, 6.07) is 10.4. The molecule has 0 spiro atoms. The van der Waals surface area contributed by atoms with Crippen LogP contribution < -0.4 is 5.32 Å². The van der Waals surface area contributed by atoms with Crippen molar-refractivity contribution in [1.29, 1.82) is 0 Å². The van der Waals surface area contributed by atoms with Gasteiger partial charge in [0.05, 0.1) is 5.71 Å². The molecule has 0 unspecified atom stereocenters. The molecule has 2 aromatic rings. The molecule has 0 aliphatic carbocycles. The van der Waals surface area contributed by atoms with Crippen LogP contribution in [0.15, 0.2) is 72.0 Å². The Morgan fingerprint density at radius 3 is 2.67 bits per heavy atom. The molecule has 3 nitrogen and oxygen atoms in total. The second-order valence-electron chi connectivity index (χ2n) is 6.20. The molecule has 6 heteroatoms. The van der Waals surface area contributed by atoms with E-state index in [1.165, 1.54) is 12.3 Å². The molecule has 0 atom stereocenters. The Morgan fingerprint density at radius 1 is 1.15 bits per heavy atom. The van der Waals surface area contributed by atoms with Crippen LogP contribution >= 0.6 is 0 Å². The van der Waals surface area contributed by atoms with Crippen molar-refractivity contribution in [2.75, 3.05) is 11.9 Å². The smallest absolute Gasteiger partial charge is 0.362 e. The minimum Gasteiger partial charge on any atom is -0.362 e. The molecule has 0 fully saturated rings. The molecule has 1 aliphatic heterocycles. The molecule has 0 amide bonds. The van der Waals surface area contributed by atoms with Crippen molar-refractivity contribution in [2.45, 2.75) is 25.4 Å². The fourth-order valence-corrected chi connectivity index (χ4v) is 3.04. The largest absolute Gasteiger partial charge is 0.433 e. The van der Waals surface area contributed by atoms with Crippen LogP contribution in [0, 0.1) is 0 Å². The summed E-state index contributed by atoms with van der Waals surface area (Å²) in [5.41, 5.74) is 3.59. The molecular weight excluding hydrogens is 351 g/mol. The zero-order valence-corrected chi connectivity index (χ0v) is 14.8. The minimum atomic E-state index is -4.44. The molecule has 1 aliphatic rings. The summed E-state index contributed by atoms with van der Waals surface area (Å²) < 4.78 is 38.2. The summed E-state index contributed by atoms with van der Waals surface area (Å²) in [4.78, 5) is 8.10. The summed E-state index contributed by atoms with van der Waals surface area (Å²) >= 11 is 0. The maximum Gasteiger partial charge on any atom is 0.433 e. The maximum atomic E-state index is 12.7. The van der Waals surface area contributed by atoms with Gasteiger partial charge in [0, 0.05) is 24.0 Å². The van der Waals surface area contributed by atoms with Crippen LogP contribution in [-0.4, -0.2) is 17.2 Å². The van der Waals surface area contributed by atoms with Crippen LogP contribution in [-0.2, 0) is 12.6 Å². The first-order valence-electron chi connectivity index (χ1n) is 8.72. The number of aliphatic imine (C=N–C) groups is 1. The zero-order valence-electron chi connectivity index (χ0n) is 14.8. The highest BCUT2D eigenvalue weighted by Gasteiger charge is 2.32. The molecule has 27 heavy (non-hydrogen) atoms. The van der Waals surface area contributed by atoms with Crippen LogP contribution in [0.4, 0.5) is 18.9 Å². The number of nitrogens with zero attached hydrogens (tertiary/aromatic N) is 2. The summed E-state index contributed by atoms with van der Waals surface area (Å²) in [6.45, 7) is 4.36. The van der Waals surface area contributed by atoms with Crippen molar-refractivity contribution >= 4 is 11.4 Å². The van der Waals surface area contributed by atoms with Crippen molar-refractivity contribution in [3.8, 4) is 0 Å². The zero-order chi connectivity index (χ0) is 19.3. The number of allylic oxidation sites excluding steroid dienone is 2. The monoisotopic (exact) mass is 371 g/mol. The van der Waals surface area contributed by atoms with Gasteiger partial charge in [-0.25, -0.2) is 0 Å². The lowest BCUT2D eigenvalue weighted by molar-refractivity contribution is -0.141. The van der Waals surface area contributed by atoms with Crippen LogP contribution in [0.3, 0.4) is 0 Å². The average molecular weight is 371 g/mol. The van der Waals surface area contributed by atoms with Gasteiger partial charge >= 0.3 is 6.18 Å². The van der Waals surface area contributed by atoms with Crippen LogP contribution in [0.25, 0.3) is 0 Å². The first kappa shape index (κ1) is 18.9. The molecule has 140 valence electrons. The number of para-hydroxylation sites is 1.